The Labute approximate surface area is 198 Å². The fourth-order valence-electron chi connectivity index (χ4n) is 4.55. The van der Waals surface area contributed by atoms with Crippen LogP contribution in [0.4, 0.5) is 13.2 Å². The van der Waals surface area contributed by atoms with Gasteiger partial charge in [0, 0.05) is 56.4 Å². The Morgan fingerprint density at radius 3 is 2.74 bits per heavy atom. The highest BCUT2D eigenvalue weighted by atomic mass is 19.4. The first-order valence-electron chi connectivity index (χ1n) is 12.4. The maximum absolute atomic E-state index is 12.4. The van der Waals surface area contributed by atoms with Gasteiger partial charge in [0.25, 0.3) is 0 Å². The predicted molar refractivity (Wildman–Crippen MR) is 122 cm³/mol. The number of halogens is 3. The highest BCUT2D eigenvalue weighted by Gasteiger charge is 2.29. The largest absolute Gasteiger partial charge is 0.468 e. The molecule has 0 bridgehead atoms. The van der Waals surface area contributed by atoms with Gasteiger partial charge in [0.05, 0.1) is 12.7 Å². The first-order chi connectivity index (χ1) is 16.3. The maximum Gasteiger partial charge on any atom is 0.422 e. The van der Waals surface area contributed by atoms with Crippen molar-refractivity contribution in [2.75, 3.05) is 32.8 Å². The minimum Gasteiger partial charge on any atom is -0.468 e. The minimum absolute atomic E-state index is 0.00953. The fraction of sp³-hybridized carbons (Fsp3) is 0.720. The molecule has 188 valence electrons. The number of aromatic nitrogens is 1. The summed E-state index contributed by atoms with van der Waals surface area (Å²) in [6.45, 7) is 1.90. The molecule has 2 aliphatic heterocycles. The SMILES string of the molecule is O=C(CCC1CC1)N=CC1CC[C@H](CCN2CCc3ccc(OCC(F)(F)F)nc3CC2)OC1. The third kappa shape index (κ3) is 8.34. The number of carbonyl (C=O) groups is 1. The second kappa shape index (κ2) is 11.6. The van der Waals surface area contributed by atoms with Crippen LogP contribution >= 0.6 is 0 Å². The van der Waals surface area contributed by atoms with E-state index in [1.807, 2.05) is 6.07 Å². The molecule has 0 aromatic carbocycles. The van der Waals surface area contributed by atoms with Gasteiger partial charge in [-0.25, -0.2) is 9.98 Å². The molecular formula is C25H34F3N3O3. The van der Waals surface area contributed by atoms with Crippen LogP contribution in [0.15, 0.2) is 17.1 Å². The number of nitrogens with zero attached hydrogens (tertiary/aromatic N) is 3. The van der Waals surface area contributed by atoms with Crippen LogP contribution in [0.2, 0.25) is 0 Å². The number of hydrogen-bond acceptors (Lipinski definition) is 5. The quantitative estimate of drug-likeness (QED) is 0.490. The van der Waals surface area contributed by atoms with Gasteiger partial charge in [0.15, 0.2) is 6.61 Å². The Morgan fingerprint density at radius 1 is 1.18 bits per heavy atom. The molecule has 1 saturated heterocycles. The predicted octanol–water partition coefficient (Wildman–Crippen LogP) is 4.40. The second-order valence-corrected chi connectivity index (χ2v) is 9.74. The Bertz CT molecular complexity index is 850. The number of amides is 1. The van der Waals surface area contributed by atoms with Gasteiger partial charge < -0.3 is 14.4 Å². The summed E-state index contributed by atoms with van der Waals surface area (Å²) < 4.78 is 48.0. The zero-order chi connectivity index (χ0) is 24.0. The molecule has 4 rings (SSSR count). The minimum atomic E-state index is -4.37. The van der Waals surface area contributed by atoms with Crippen LogP contribution < -0.4 is 4.74 Å². The van der Waals surface area contributed by atoms with Crippen molar-refractivity contribution in [2.45, 2.75) is 70.1 Å². The molecule has 0 spiro atoms. The molecule has 34 heavy (non-hydrogen) atoms. The molecule has 1 aromatic heterocycles. The summed E-state index contributed by atoms with van der Waals surface area (Å²) in [5.41, 5.74) is 1.90. The highest BCUT2D eigenvalue weighted by Crippen LogP contribution is 2.33. The van der Waals surface area contributed by atoms with Gasteiger partial charge in [-0.05, 0) is 43.6 Å². The van der Waals surface area contributed by atoms with Gasteiger partial charge in [0.1, 0.15) is 0 Å². The van der Waals surface area contributed by atoms with Gasteiger partial charge in [-0.3, -0.25) is 4.79 Å². The smallest absolute Gasteiger partial charge is 0.422 e. The lowest BCUT2D eigenvalue weighted by molar-refractivity contribution is -0.154. The van der Waals surface area contributed by atoms with E-state index >= 15 is 0 Å². The zero-order valence-corrected chi connectivity index (χ0v) is 19.6. The summed E-state index contributed by atoms with van der Waals surface area (Å²) in [5.74, 6) is 0.989. The van der Waals surface area contributed by atoms with Crippen molar-refractivity contribution in [3.8, 4) is 5.88 Å². The van der Waals surface area contributed by atoms with Crippen LogP contribution in [-0.2, 0) is 22.4 Å². The number of rotatable bonds is 9. The summed E-state index contributed by atoms with van der Waals surface area (Å²) in [7, 11) is 0. The average Bonchev–Trinajstić information content (AvgIpc) is 3.66. The van der Waals surface area contributed by atoms with E-state index in [2.05, 4.69) is 14.9 Å². The molecule has 2 fully saturated rings. The topological polar surface area (TPSA) is 64.0 Å². The first kappa shape index (κ1) is 25.1. The Balaban J connectivity index is 1.14. The summed E-state index contributed by atoms with van der Waals surface area (Å²) >= 11 is 0. The molecule has 1 aromatic rings. The number of pyridine rings is 1. The molecule has 1 unspecified atom stereocenters. The maximum atomic E-state index is 12.4. The summed E-state index contributed by atoms with van der Waals surface area (Å²) in [4.78, 5) is 22.7. The Hall–Kier alpha value is -2.00. The molecule has 3 heterocycles. The van der Waals surface area contributed by atoms with Crippen molar-refractivity contribution < 1.29 is 27.4 Å². The van der Waals surface area contributed by atoms with Gasteiger partial charge in [-0.15, -0.1) is 0 Å². The third-order valence-corrected chi connectivity index (χ3v) is 6.85. The van der Waals surface area contributed by atoms with Crippen molar-refractivity contribution >= 4 is 12.1 Å². The standard InChI is InChI=1S/C25H34F3N3O3/c26-25(27,28)17-34-24-8-5-20-9-12-31(14-11-22(20)30-24)13-10-21-6-3-19(16-33-21)15-29-23(32)7-4-18-1-2-18/h5,8,15,18-19,21H,1-4,6-7,9-14,16-17H2/t19?,21-/m1/s1. The van der Waals surface area contributed by atoms with Crippen molar-refractivity contribution in [3.63, 3.8) is 0 Å². The van der Waals surface area contributed by atoms with Crippen molar-refractivity contribution in [1.82, 2.24) is 9.88 Å². The van der Waals surface area contributed by atoms with Crippen molar-refractivity contribution in [1.29, 1.82) is 0 Å². The number of aliphatic imine (C=N–C) groups is 1. The molecule has 3 aliphatic rings. The van der Waals surface area contributed by atoms with Crippen LogP contribution in [0.1, 0.15) is 56.2 Å². The van der Waals surface area contributed by atoms with E-state index in [9.17, 15) is 18.0 Å². The molecular weight excluding hydrogens is 447 g/mol. The lowest BCUT2D eigenvalue weighted by Gasteiger charge is -2.29. The van der Waals surface area contributed by atoms with Crippen LogP contribution in [0, 0.1) is 11.8 Å². The summed E-state index contributed by atoms with van der Waals surface area (Å²) in [5, 5.41) is 0. The van der Waals surface area contributed by atoms with E-state index < -0.39 is 12.8 Å². The van der Waals surface area contributed by atoms with Crippen LogP contribution in [0.5, 0.6) is 5.88 Å². The van der Waals surface area contributed by atoms with Crippen LogP contribution in [0.25, 0.3) is 0 Å². The highest BCUT2D eigenvalue weighted by molar-refractivity contribution is 5.85. The Morgan fingerprint density at radius 2 is 2.00 bits per heavy atom. The summed E-state index contributed by atoms with van der Waals surface area (Å²) in [6, 6.07) is 3.36. The van der Waals surface area contributed by atoms with Crippen LogP contribution in [0.3, 0.4) is 0 Å². The Kier molecular flexibility index (Phi) is 8.58. The van der Waals surface area contributed by atoms with E-state index in [0.29, 0.717) is 19.4 Å². The van der Waals surface area contributed by atoms with Gasteiger partial charge in [-0.1, -0.05) is 18.9 Å². The van der Waals surface area contributed by atoms with Crippen molar-refractivity contribution in [3.05, 3.63) is 23.4 Å². The van der Waals surface area contributed by atoms with Gasteiger partial charge in [0.2, 0.25) is 11.8 Å². The molecule has 1 saturated carbocycles. The number of fused-ring (bicyclic) bond motifs is 1. The third-order valence-electron chi connectivity index (χ3n) is 6.85. The summed E-state index contributed by atoms with van der Waals surface area (Å²) in [6.07, 6.45) is 6.09. The lowest BCUT2D eigenvalue weighted by Crippen LogP contribution is -2.33. The number of carbonyl (C=O) groups excluding carboxylic acids is 1. The molecule has 9 heteroatoms. The average molecular weight is 482 g/mol. The zero-order valence-electron chi connectivity index (χ0n) is 19.6. The molecule has 0 radical (unpaired) electrons. The molecule has 1 aliphatic carbocycles. The van der Waals surface area contributed by atoms with E-state index in [1.54, 1.807) is 6.21 Å². The van der Waals surface area contributed by atoms with Gasteiger partial charge >= 0.3 is 6.18 Å². The normalized spacial score (nSPS) is 24.1. The molecule has 6 nitrogen and oxygen atoms in total. The molecule has 0 N–H and O–H groups in total. The van der Waals surface area contributed by atoms with E-state index in [-0.39, 0.29) is 23.8 Å². The second-order valence-electron chi connectivity index (χ2n) is 9.74. The number of hydrogen-bond donors (Lipinski definition) is 0. The monoisotopic (exact) mass is 481 g/mol. The molecule has 1 amide bonds. The van der Waals surface area contributed by atoms with Crippen molar-refractivity contribution in [2.24, 2.45) is 16.8 Å². The first-order valence-corrected chi connectivity index (χ1v) is 12.4. The number of ether oxygens (including phenoxy) is 2. The van der Waals surface area contributed by atoms with Gasteiger partial charge in [-0.2, -0.15) is 13.2 Å². The van der Waals surface area contributed by atoms with Crippen LogP contribution in [-0.4, -0.2) is 67.1 Å². The van der Waals surface area contributed by atoms with E-state index in [0.717, 1.165) is 68.9 Å². The lowest BCUT2D eigenvalue weighted by atomic mass is 9.98. The number of alkyl halides is 3. The molecule has 2 atom stereocenters. The van der Waals surface area contributed by atoms with E-state index in [4.69, 9.17) is 9.47 Å². The fourth-order valence-corrected chi connectivity index (χ4v) is 4.55. The van der Waals surface area contributed by atoms with E-state index in [1.165, 1.54) is 18.9 Å².